The number of halogens is 1. The van der Waals surface area contributed by atoms with Crippen LogP contribution in [0.4, 0.5) is 4.39 Å². The van der Waals surface area contributed by atoms with Gasteiger partial charge in [0.25, 0.3) is 0 Å². The summed E-state index contributed by atoms with van der Waals surface area (Å²) < 4.78 is 32.2. The number of rotatable bonds is 4. The molecule has 0 atom stereocenters. The fourth-order valence-corrected chi connectivity index (χ4v) is 1.13. The van der Waals surface area contributed by atoms with Crippen LogP contribution in [0.3, 0.4) is 0 Å². The standard InChI is InChI=1S/C4H7FO4S/c5-1-2-10(8,9)3-4(6)7/h1-3H2,(H,6,7). The molecule has 0 unspecified atom stereocenters. The summed E-state index contributed by atoms with van der Waals surface area (Å²) in [5.74, 6) is -3.15. The van der Waals surface area contributed by atoms with Gasteiger partial charge >= 0.3 is 5.97 Å². The van der Waals surface area contributed by atoms with Crippen molar-refractivity contribution >= 4 is 15.8 Å². The Kier molecular flexibility index (Phi) is 3.27. The maximum absolute atomic E-state index is 11.4. The van der Waals surface area contributed by atoms with Crippen molar-refractivity contribution in [2.75, 3.05) is 18.2 Å². The van der Waals surface area contributed by atoms with Crippen LogP contribution in [-0.2, 0) is 14.6 Å². The van der Waals surface area contributed by atoms with Crippen molar-refractivity contribution < 1.29 is 22.7 Å². The summed E-state index contributed by atoms with van der Waals surface area (Å²) >= 11 is 0. The molecule has 0 aliphatic rings. The van der Waals surface area contributed by atoms with Crippen LogP contribution in [-0.4, -0.2) is 37.7 Å². The van der Waals surface area contributed by atoms with Gasteiger partial charge in [0.05, 0.1) is 5.75 Å². The molecule has 0 aliphatic carbocycles. The smallest absolute Gasteiger partial charge is 0.318 e. The molecule has 0 saturated heterocycles. The summed E-state index contributed by atoms with van der Waals surface area (Å²) in [6.45, 7) is -1.03. The van der Waals surface area contributed by atoms with Gasteiger partial charge in [0, 0.05) is 0 Å². The Bertz CT molecular complexity index is 207. The quantitative estimate of drug-likeness (QED) is 0.614. The average Bonchev–Trinajstić information content (AvgIpc) is 1.59. The van der Waals surface area contributed by atoms with Crippen molar-refractivity contribution in [3.8, 4) is 0 Å². The van der Waals surface area contributed by atoms with Crippen molar-refractivity contribution in [2.24, 2.45) is 0 Å². The topological polar surface area (TPSA) is 71.4 Å². The molecule has 4 nitrogen and oxygen atoms in total. The predicted molar refractivity (Wildman–Crippen MR) is 32.3 cm³/mol. The molecule has 0 aromatic heterocycles. The number of carboxylic acids is 1. The monoisotopic (exact) mass is 170 g/mol. The SMILES string of the molecule is O=C(O)CS(=O)(=O)CCF. The van der Waals surface area contributed by atoms with Crippen molar-refractivity contribution in [2.45, 2.75) is 0 Å². The predicted octanol–water partition coefficient (Wildman–Crippen LogP) is -0.545. The average molecular weight is 170 g/mol. The molecule has 0 fully saturated rings. The van der Waals surface area contributed by atoms with Gasteiger partial charge in [-0.3, -0.25) is 4.79 Å². The second-order valence-electron chi connectivity index (χ2n) is 1.67. The van der Waals surface area contributed by atoms with Crippen molar-refractivity contribution in [1.29, 1.82) is 0 Å². The van der Waals surface area contributed by atoms with Gasteiger partial charge in [-0.1, -0.05) is 0 Å². The van der Waals surface area contributed by atoms with Crippen LogP contribution in [0, 0.1) is 0 Å². The molecule has 10 heavy (non-hydrogen) atoms. The molecule has 60 valence electrons. The van der Waals surface area contributed by atoms with Gasteiger partial charge in [0.2, 0.25) is 0 Å². The fourth-order valence-electron chi connectivity index (χ4n) is 0.378. The van der Waals surface area contributed by atoms with Crippen LogP contribution in [0.2, 0.25) is 0 Å². The van der Waals surface area contributed by atoms with Crippen molar-refractivity contribution in [1.82, 2.24) is 0 Å². The van der Waals surface area contributed by atoms with Gasteiger partial charge in [0.15, 0.2) is 9.84 Å². The van der Waals surface area contributed by atoms with E-state index in [-0.39, 0.29) is 0 Å². The molecule has 0 rings (SSSR count). The summed E-state index contributed by atoms with van der Waals surface area (Å²) in [4.78, 5) is 9.79. The molecule has 0 bridgehead atoms. The fraction of sp³-hybridized carbons (Fsp3) is 0.750. The highest BCUT2D eigenvalue weighted by molar-refractivity contribution is 7.92. The number of carboxylic acid groups (broad SMARTS) is 1. The first-order valence-electron chi connectivity index (χ1n) is 2.46. The van der Waals surface area contributed by atoms with Crippen LogP contribution >= 0.6 is 0 Å². The summed E-state index contributed by atoms with van der Waals surface area (Å²) in [6.07, 6.45) is 0. The lowest BCUT2D eigenvalue weighted by Gasteiger charge is -1.94. The Labute approximate surface area is 57.6 Å². The molecule has 6 heteroatoms. The number of hydrogen-bond acceptors (Lipinski definition) is 3. The van der Waals surface area contributed by atoms with Crippen molar-refractivity contribution in [3.63, 3.8) is 0 Å². The maximum atomic E-state index is 11.4. The number of aliphatic carboxylic acids is 1. The molecule has 0 aromatic rings. The van der Waals surface area contributed by atoms with Crippen LogP contribution in [0.15, 0.2) is 0 Å². The zero-order valence-corrected chi connectivity index (χ0v) is 5.90. The van der Waals surface area contributed by atoms with E-state index in [9.17, 15) is 17.6 Å². The third kappa shape index (κ3) is 4.25. The Balaban J connectivity index is 4.02. The minimum Gasteiger partial charge on any atom is -0.480 e. The summed E-state index contributed by atoms with van der Waals surface area (Å²) in [7, 11) is -3.71. The van der Waals surface area contributed by atoms with Gasteiger partial charge in [-0.15, -0.1) is 0 Å². The molecule has 0 saturated carbocycles. The molecule has 0 radical (unpaired) electrons. The molecule has 1 N–H and O–H groups in total. The first-order chi connectivity index (χ1) is 4.48. The lowest BCUT2D eigenvalue weighted by atomic mass is 10.8. The normalized spacial score (nSPS) is 11.3. The Hall–Kier alpha value is -0.650. The van der Waals surface area contributed by atoms with E-state index in [0.29, 0.717) is 0 Å². The second kappa shape index (κ2) is 3.50. The van der Waals surface area contributed by atoms with Crippen LogP contribution in [0.5, 0.6) is 0 Å². The molecule has 0 amide bonds. The Morgan fingerprint density at radius 1 is 1.50 bits per heavy atom. The summed E-state index contributed by atoms with van der Waals surface area (Å²) in [5.41, 5.74) is 0. The van der Waals surface area contributed by atoms with Gasteiger partial charge in [-0.25, -0.2) is 12.8 Å². The van der Waals surface area contributed by atoms with Gasteiger partial charge in [-0.05, 0) is 0 Å². The molecule has 0 spiro atoms. The zero-order valence-electron chi connectivity index (χ0n) is 5.08. The highest BCUT2D eigenvalue weighted by Crippen LogP contribution is 1.89. The second-order valence-corrected chi connectivity index (χ2v) is 3.86. The first kappa shape index (κ1) is 9.35. The third-order valence-electron chi connectivity index (χ3n) is 0.732. The van der Waals surface area contributed by atoms with Crippen LogP contribution in [0.1, 0.15) is 0 Å². The number of alkyl halides is 1. The molecular weight excluding hydrogens is 163 g/mol. The largest absolute Gasteiger partial charge is 0.480 e. The molecule has 0 heterocycles. The minimum atomic E-state index is -3.71. The van der Waals surface area contributed by atoms with E-state index in [1.165, 1.54) is 0 Å². The first-order valence-corrected chi connectivity index (χ1v) is 4.28. The van der Waals surface area contributed by atoms with E-state index in [0.717, 1.165) is 0 Å². The summed E-state index contributed by atoms with van der Waals surface area (Å²) in [5, 5.41) is 7.97. The van der Waals surface area contributed by atoms with Gasteiger partial charge < -0.3 is 5.11 Å². The highest BCUT2D eigenvalue weighted by atomic mass is 32.2. The molecular formula is C4H7FO4S. The number of hydrogen-bond donors (Lipinski definition) is 1. The van der Waals surface area contributed by atoms with Gasteiger partial charge in [-0.2, -0.15) is 0 Å². The third-order valence-corrected chi connectivity index (χ3v) is 2.19. The van der Waals surface area contributed by atoms with Gasteiger partial charge in [0.1, 0.15) is 12.4 Å². The molecule has 0 aliphatic heterocycles. The maximum Gasteiger partial charge on any atom is 0.318 e. The van der Waals surface area contributed by atoms with Crippen LogP contribution in [0.25, 0.3) is 0 Å². The van der Waals surface area contributed by atoms with Crippen LogP contribution < -0.4 is 0 Å². The Morgan fingerprint density at radius 2 is 2.00 bits per heavy atom. The lowest BCUT2D eigenvalue weighted by molar-refractivity contribution is -0.134. The zero-order chi connectivity index (χ0) is 8.20. The van der Waals surface area contributed by atoms with E-state index < -0.39 is 34.0 Å². The van der Waals surface area contributed by atoms with Crippen molar-refractivity contribution in [3.05, 3.63) is 0 Å². The number of carbonyl (C=O) groups is 1. The Morgan fingerprint density at radius 3 is 2.30 bits per heavy atom. The van der Waals surface area contributed by atoms with E-state index in [4.69, 9.17) is 5.11 Å². The summed E-state index contributed by atoms with van der Waals surface area (Å²) in [6, 6.07) is 0. The number of sulfone groups is 1. The minimum absolute atomic E-state index is 0.709. The van der Waals surface area contributed by atoms with E-state index >= 15 is 0 Å². The highest BCUT2D eigenvalue weighted by Gasteiger charge is 2.14. The lowest BCUT2D eigenvalue weighted by Crippen LogP contribution is -2.18. The molecule has 0 aromatic carbocycles. The van der Waals surface area contributed by atoms with E-state index in [2.05, 4.69) is 0 Å². The van der Waals surface area contributed by atoms with E-state index in [1.54, 1.807) is 0 Å². The van der Waals surface area contributed by atoms with E-state index in [1.807, 2.05) is 0 Å².